The lowest BCUT2D eigenvalue weighted by atomic mass is 9.92. The van der Waals surface area contributed by atoms with Gasteiger partial charge in [-0.1, -0.05) is 109 Å². The molecule has 4 heteroatoms. The number of hydrogen-bond donors (Lipinski definition) is 0. The van der Waals surface area contributed by atoms with Crippen LogP contribution in [0.15, 0.2) is 158 Å². The van der Waals surface area contributed by atoms with Crippen molar-refractivity contribution in [3.63, 3.8) is 0 Å². The van der Waals surface area contributed by atoms with E-state index in [1.165, 1.54) is 10.8 Å². The summed E-state index contributed by atoms with van der Waals surface area (Å²) in [5.74, 6) is 0. The molecule has 0 N–H and O–H groups in total. The third kappa shape index (κ3) is 4.07. The van der Waals surface area contributed by atoms with E-state index in [0.29, 0.717) is 11.4 Å². The Bertz CT molecular complexity index is 2750. The number of fused-ring (bicyclic) bond motifs is 6. The van der Waals surface area contributed by atoms with Gasteiger partial charge in [0.15, 0.2) is 11.4 Å². The lowest BCUT2D eigenvalue weighted by Crippen LogP contribution is -1.98. The van der Waals surface area contributed by atoms with E-state index in [1.807, 2.05) is 36.4 Å². The van der Waals surface area contributed by atoms with Crippen molar-refractivity contribution in [3.8, 4) is 33.6 Å². The van der Waals surface area contributed by atoms with Crippen LogP contribution in [0, 0.1) is 13.1 Å². The molecule has 0 bridgehead atoms. The first-order chi connectivity index (χ1) is 23.7. The van der Waals surface area contributed by atoms with Crippen molar-refractivity contribution in [2.75, 3.05) is 0 Å². The molecule has 0 unspecified atom stereocenters. The zero-order valence-corrected chi connectivity index (χ0v) is 25.8. The Balaban J connectivity index is 1.24. The monoisotopic (exact) mass is 610 g/mol. The van der Waals surface area contributed by atoms with Gasteiger partial charge in [-0.25, -0.2) is 9.69 Å². The van der Waals surface area contributed by atoms with Crippen molar-refractivity contribution in [1.82, 2.24) is 9.13 Å². The van der Waals surface area contributed by atoms with Gasteiger partial charge in [0.1, 0.15) is 0 Å². The number of nitrogens with zero attached hydrogens (tertiary/aromatic N) is 4. The van der Waals surface area contributed by atoms with Crippen molar-refractivity contribution in [2.45, 2.75) is 0 Å². The predicted octanol–water partition coefficient (Wildman–Crippen LogP) is 12.3. The molecule has 4 nitrogen and oxygen atoms in total. The molecule has 0 amide bonds. The highest BCUT2D eigenvalue weighted by Crippen LogP contribution is 2.44. The summed E-state index contributed by atoms with van der Waals surface area (Å²) < 4.78 is 4.59. The van der Waals surface area contributed by atoms with E-state index in [4.69, 9.17) is 13.1 Å². The number of aromatic nitrogens is 2. The zero-order chi connectivity index (χ0) is 32.2. The molecule has 222 valence electrons. The Labute approximate surface area is 277 Å². The quantitative estimate of drug-likeness (QED) is 0.177. The molecule has 48 heavy (non-hydrogen) atoms. The lowest BCUT2D eigenvalue weighted by Gasteiger charge is -2.18. The van der Waals surface area contributed by atoms with Crippen molar-refractivity contribution >= 4 is 55.0 Å². The maximum absolute atomic E-state index is 8.21. The van der Waals surface area contributed by atoms with Gasteiger partial charge >= 0.3 is 0 Å². The van der Waals surface area contributed by atoms with Gasteiger partial charge in [0, 0.05) is 21.8 Å². The van der Waals surface area contributed by atoms with Crippen molar-refractivity contribution < 1.29 is 0 Å². The van der Waals surface area contributed by atoms with Gasteiger partial charge in [-0.3, -0.25) is 0 Å². The molecule has 0 saturated carbocycles. The Morgan fingerprint density at radius 2 is 0.979 bits per heavy atom. The van der Waals surface area contributed by atoms with Crippen LogP contribution in [-0.2, 0) is 0 Å². The third-order valence-corrected chi connectivity index (χ3v) is 9.38. The average Bonchev–Trinajstić information content (AvgIpc) is 3.67. The van der Waals surface area contributed by atoms with Gasteiger partial charge in [-0.2, -0.15) is 0 Å². The van der Waals surface area contributed by atoms with Gasteiger partial charge in [-0.05, 0) is 76.2 Å². The van der Waals surface area contributed by atoms with Gasteiger partial charge in [0.05, 0.1) is 40.9 Å². The summed E-state index contributed by atoms with van der Waals surface area (Å²) >= 11 is 0. The molecule has 0 saturated heterocycles. The second kappa shape index (κ2) is 10.9. The fourth-order valence-electron chi connectivity index (χ4n) is 7.32. The minimum absolute atomic E-state index is 0.614. The summed E-state index contributed by atoms with van der Waals surface area (Å²) in [5.41, 5.74) is 11.7. The predicted molar refractivity (Wildman–Crippen MR) is 199 cm³/mol. The number of para-hydroxylation sites is 4. The van der Waals surface area contributed by atoms with E-state index in [9.17, 15) is 0 Å². The molecule has 0 aliphatic rings. The van der Waals surface area contributed by atoms with Gasteiger partial charge in [0.2, 0.25) is 0 Å². The van der Waals surface area contributed by atoms with Crippen LogP contribution in [0.4, 0.5) is 11.4 Å². The van der Waals surface area contributed by atoms with Crippen LogP contribution in [0.25, 0.3) is 86.9 Å². The first-order valence-electron chi connectivity index (χ1n) is 15.8. The summed E-state index contributed by atoms with van der Waals surface area (Å²) in [5, 5.41) is 4.59. The average molecular weight is 611 g/mol. The zero-order valence-electron chi connectivity index (χ0n) is 25.8. The molecule has 0 radical (unpaired) electrons. The number of hydrogen-bond acceptors (Lipinski definition) is 0. The van der Waals surface area contributed by atoms with Crippen LogP contribution in [0.5, 0.6) is 0 Å². The van der Waals surface area contributed by atoms with Gasteiger partial charge < -0.3 is 9.13 Å². The Morgan fingerprint density at radius 3 is 1.65 bits per heavy atom. The second-order valence-electron chi connectivity index (χ2n) is 11.9. The fraction of sp³-hybridized carbons (Fsp3) is 0. The summed E-state index contributed by atoms with van der Waals surface area (Å²) in [4.78, 5) is 7.71. The molecule has 2 heterocycles. The van der Waals surface area contributed by atoms with Crippen molar-refractivity contribution in [3.05, 3.63) is 181 Å². The molecular weight excluding hydrogens is 585 g/mol. The van der Waals surface area contributed by atoms with Crippen LogP contribution in [0.1, 0.15) is 0 Å². The Morgan fingerprint density at radius 1 is 0.417 bits per heavy atom. The first-order valence-corrected chi connectivity index (χ1v) is 15.8. The molecule has 2 aromatic heterocycles. The molecular formula is C44H26N4. The topological polar surface area (TPSA) is 18.6 Å². The summed E-state index contributed by atoms with van der Waals surface area (Å²) in [7, 11) is 0. The second-order valence-corrected chi connectivity index (χ2v) is 11.9. The molecule has 0 fully saturated rings. The van der Waals surface area contributed by atoms with Gasteiger partial charge in [-0.15, -0.1) is 0 Å². The van der Waals surface area contributed by atoms with E-state index in [2.05, 4.69) is 140 Å². The Kier molecular flexibility index (Phi) is 6.22. The van der Waals surface area contributed by atoms with Crippen molar-refractivity contribution in [1.29, 1.82) is 0 Å². The van der Waals surface area contributed by atoms with Crippen LogP contribution in [0.2, 0.25) is 0 Å². The standard InChI is InChI=1S/C44H26N4/c1-45-30-24-27-43-37(28-30)35-14-5-7-18-39(35)47(43)31-25-22-29(23-26-31)32-16-11-17-38(46-2)44(32)36-15-6-10-21-42(36)48-40-19-8-3-12-33(40)34-13-4-9-20-41(34)48/h3-28H. The van der Waals surface area contributed by atoms with E-state index >= 15 is 0 Å². The number of benzene rings is 7. The molecule has 0 aliphatic heterocycles. The van der Waals surface area contributed by atoms with E-state index in [1.54, 1.807) is 0 Å². The summed E-state index contributed by atoms with van der Waals surface area (Å²) in [6, 6.07) is 54.3. The fourth-order valence-corrected chi connectivity index (χ4v) is 7.32. The minimum Gasteiger partial charge on any atom is -0.309 e. The van der Waals surface area contributed by atoms with Crippen LogP contribution >= 0.6 is 0 Å². The van der Waals surface area contributed by atoms with Crippen LogP contribution in [0.3, 0.4) is 0 Å². The molecule has 9 rings (SSSR count). The molecule has 0 spiro atoms. The Hall–Kier alpha value is -6.88. The molecule has 9 aromatic rings. The van der Waals surface area contributed by atoms with E-state index in [0.717, 1.165) is 66.5 Å². The van der Waals surface area contributed by atoms with Crippen LogP contribution in [-0.4, -0.2) is 9.13 Å². The molecule has 0 aliphatic carbocycles. The largest absolute Gasteiger partial charge is 0.309 e. The number of rotatable bonds is 4. The highest BCUT2D eigenvalue weighted by molar-refractivity contribution is 6.11. The highest BCUT2D eigenvalue weighted by atomic mass is 15.0. The lowest BCUT2D eigenvalue weighted by molar-refractivity contribution is 1.18. The smallest absolute Gasteiger partial charge is 0.195 e. The maximum Gasteiger partial charge on any atom is 0.195 e. The van der Waals surface area contributed by atoms with Gasteiger partial charge in [0.25, 0.3) is 0 Å². The highest BCUT2D eigenvalue weighted by Gasteiger charge is 2.20. The van der Waals surface area contributed by atoms with E-state index in [-0.39, 0.29) is 0 Å². The summed E-state index contributed by atoms with van der Waals surface area (Å²) in [6.07, 6.45) is 0. The maximum atomic E-state index is 8.21. The third-order valence-electron chi connectivity index (χ3n) is 9.38. The van der Waals surface area contributed by atoms with Crippen molar-refractivity contribution in [2.24, 2.45) is 0 Å². The SMILES string of the molecule is [C-]#[N+]c1ccc2c(c1)c1ccccc1n2-c1ccc(-c2cccc([N+]#[C-])c2-c2ccccc2-n2c3ccccc3c3ccccc32)cc1. The summed E-state index contributed by atoms with van der Waals surface area (Å²) in [6.45, 7) is 15.7. The van der Waals surface area contributed by atoms with E-state index < -0.39 is 0 Å². The molecule has 7 aromatic carbocycles. The normalized spacial score (nSPS) is 11.3. The van der Waals surface area contributed by atoms with Crippen LogP contribution < -0.4 is 0 Å². The molecule has 0 atom stereocenters. The first kappa shape index (κ1) is 27.4. The minimum atomic E-state index is 0.614.